The van der Waals surface area contributed by atoms with Gasteiger partial charge in [-0.3, -0.25) is 0 Å². The Kier molecular flexibility index (Phi) is 6.88. The SMILES string of the molecule is COc1cc(F)c(-c2cc(Cn3cnc4c(N)ncnc43)c(N3CCC[C@](N)([C@H](O)C(F)F)C3)s2)cc1F. The number of ether oxygens (including phenoxy) is 1. The maximum atomic E-state index is 15.0. The smallest absolute Gasteiger partial charge is 0.265 e. The van der Waals surface area contributed by atoms with E-state index < -0.39 is 29.7 Å². The third-order valence-corrected chi connectivity index (χ3v) is 8.01. The average Bonchev–Trinajstić information content (AvgIpc) is 3.50. The molecule has 5 rings (SSSR count). The van der Waals surface area contributed by atoms with E-state index in [1.165, 1.54) is 31.1 Å². The van der Waals surface area contributed by atoms with E-state index in [0.717, 1.165) is 12.1 Å². The average molecular weight is 552 g/mol. The quantitative estimate of drug-likeness (QED) is 0.298. The number of piperidine rings is 1. The standard InChI is InChI=1S/C24H25F4N7O2S/c1-37-16-7-14(25)13(6-15(16)26)17-5-12(8-35-11-33-18-21(29)31-10-32-22(18)35)23(38-17)34-4-2-3-24(30,9-34)19(36)20(27)28/h5-7,10-11,19-20,36H,2-4,8-9,30H2,1H3,(H2,29,31,32)/t19-,24-/m1/s1. The number of halogens is 4. The van der Waals surface area contributed by atoms with Crippen molar-refractivity contribution in [3.05, 3.63) is 48.1 Å². The number of imidazole rings is 1. The molecule has 4 aromatic rings. The second-order valence-corrected chi connectivity index (χ2v) is 10.3. The Morgan fingerprint density at radius 2 is 1.97 bits per heavy atom. The largest absolute Gasteiger partial charge is 0.494 e. The van der Waals surface area contributed by atoms with Crippen LogP contribution in [0, 0.1) is 11.6 Å². The van der Waals surface area contributed by atoms with Gasteiger partial charge in [0.05, 0.1) is 30.5 Å². The highest BCUT2D eigenvalue weighted by Gasteiger charge is 2.43. The molecule has 38 heavy (non-hydrogen) atoms. The van der Waals surface area contributed by atoms with Crippen molar-refractivity contribution in [3.63, 3.8) is 0 Å². The highest BCUT2D eigenvalue weighted by molar-refractivity contribution is 7.19. The minimum Gasteiger partial charge on any atom is -0.494 e. The van der Waals surface area contributed by atoms with Crippen LogP contribution in [0.1, 0.15) is 18.4 Å². The lowest BCUT2D eigenvalue weighted by atomic mass is 9.84. The van der Waals surface area contributed by atoms with Gasteiger partial charge in [-0.05, 0) is 25.0 Å². The second kappa shape index (κ2) is 10.0. The van der Waals surface area contributed by atoms with Gasteiger partial charge in [-0.2, -0.15) is 0 Å². The number of aliphatic hydroxyl groups excluding tert-OH is 1. The van der Waals surface area contributed by atoms with Crippen molar-refractivity contribution in [3.8, 4) is 16.2 Å². The highest BCUT2D eigenvalue weighted by atomic mass is 32.1. The maximum Gasteiger partial charge on any atom is 0.265 e. The molecule has 2 atom stereocenters. The summed E-state index contributed by atoms with van der Waals surface area (Å²) in [6.07, 6.45) is -1.51. The molecule has 0 spiro atoms. The van der Waals surface area contributed by atoms with Crippen molar-refractivity contribution < 1.29 is 27.4 Å². The van der Waals surface area contributed by atoms with Crippen molar-refractivity contribution >= 4 is 33.3 Å². The summed E-state index contributed by atoms with van der Waals surface area (Å²) < 4.78 is 62.9. The lowest BCUT2D eigenvalue weighted by molar-refractivity contribution is -0.0529. The van der Waals surface area contributed by atoms with Gasteiger partial charge in [0.1, 0.15) is 23.8 Å². The zero-order chi connectivity index (χ0) is 27.2. The van der Waals surface area contributed by atoms with Gasteiger partial charge >= 0.3 is 0 Å². The first-order valence-corrected chi connectivity index (χ1v) is 12.5. The Labute approximate surface area is 218 Å². The first-order valence-electron chi connectivity index (χ1n) is 11.7. The molecule has 14 heteroatoms. The number of thiophene rings is 1. The van der Waals surface area contributed by atoms with Crippen LogP contribution in [0.5, 0.6) is 5.75 Å². The Morgan fingerprint density at radius 3 is 2.71 bits per heavy atom. The molecular formula is C24H25F4N7O2S. The summed E-state index contributed by atoms with van der Waals surface area (Å²) in [5.74, 6) is -1.43. The van der Waals surface area contributed by atoms with Gasteiger partial charge in [0, 0.05) is 35.2 Å². The molecule has 1 saturated heterocycles. The molecule has 9 nitrogen and oxygen atoms in total. The maximum absolute atomic E-state index is 15.0. The number of nitrogens with zero attached hydrogens (tertiary/aromatic N) is 5. The van der Waals surface area contributed by atoms with Gasteiger partial charge < -0.3 is 30.8 Å². The lowest BCUT2D eigenvalue weighted by Gasteiger charge is -2.43. The number of nitrogens with two attached hydrogens (primary N) is 2. The fourth-order valence-corrected chi connectivity index (χ4v) is 6.00. The van der Waals surface area contributed by atoms with Crippen molar-refractivity contribution in [2.45, 2.75) is 37.5 Å². The molecule has 0 radical (unpaired) electrons. The predicted octanol–water partition coefficient (Wildman–Crippen LogP) is 3.40. The van der Waals surface area contributed by atoms with E-state index in [-0.39, 0.29) is 36.6 Å². The van der Waals surface area contributed by atoms with Crippen LogP contribution in [0.15, 0.2) is 30.9 Å². The first kappa shape index (κ1) is 26.1. The lowest BCUT2D eigenvalue weighted by Crippen LogP contribution is -2.63. The molecule has 3 aromatic heterocycles. The van der Waals surface area contributed by atoms with Crippen LogP contribution in [-0.4, -0.2) is 62.9 Å². The molecule has 0 bridgehead atoms. The Bertz CT molecular complexity index is 1480. The van der Waals surface area contributed by atoms with Crippen LogP contribution in [0.4, 0.5) is 28.4 Å². The van der Waals surface area contributed by atoms with Gasteiger partial charge in [0.15, 0.2) is 23.0 Å². The van der Waals surface area contributed by atoms with Crippen molar-refractivity contribution in [2.24, 2.45) is 5.73 Å². The van der Waals surface area contributed by atoms with Gasteiger partial charge in [0.2, 0.25) is 0 Å². The summed E-state index contributed by atoms with van der Waals surface area (Å²) in [6.45, 7) is 0.635. The normalized spacial score (nSPS) is 18.9. The van der Waals surface area contributed by atoms with E-state index in [2.05, 4.69) is 15.0 Å². The van der Waals surface area contributed by atoms with Crippen LogP contribution in [0.3, 0.4) is 0 Å². The van der Waals surface area contributed by atoms with Crippen LogP contribution < -0.4 is 21.1 Å². The molecule has 0 aliphatic carbocycles. The fourth-order valence-electron chi connectivity index (χ4n) is 4.78. The zero-order valence-electron chi connectivity index (χ0n) is 20.2. The van der Waals surface area contributed by atoms with Crippen LogP contribution >= 0.6 is 11.3 Å². The molecule has 0 saturated carbocycles. The third kappa shape index (κ3) is 4.63. The summed E-state index contributed by atoms with van der Waals surface area (Å²) in [5, 5.41) is 10.8. The summed E-state index contributed by atoms with van der Waals surface area (Å²) in [6, 6.07) is 3.73. The number of fused-ring (bicyclic) bond motifs is 1. The number of anilines is 2. The number of nitrogen functional groups attached to an aromatic ring is 1. The zero-order valence-corrected chi connectivity index (χ0v) is 21.1. The number of methoxy groups -OCH3 is 1. The Balaban J connectivity index is 1.59. The summed E-state index contributed by atoms with van der Waals surface area (Å²) in [4.78, 5) is 14.7. The van der Waals surface area contributed by atoms with Crippen molar-refractivity contribution in [1.29, 1.82) is 0 Å². The number of aromatic nitrogens is 4. The summed E-state index contributed by atoms with van der Waals surface area (Å²) in [5.41, 5.74) is 12.2. The molecule has 1 aliphatic heterocycles. The van der Waals surface area contributed by atoms with E-state index >= 15 is 0 Å². The predicted molar refractivity (Wildman–Crippen MR) is 135 cm³/mol. The van der Waals surface area contributed by atoms with Gasteiger partial charge in [0.25, 0.3) is 6.43 Å². The van der Waals surface area contributed by atoms with E-state index in [9.17, 15) is 22.7 Å². The van der Waals surface area contributed by atoms with Crippen molar-refractivity contribution in [2.75, 3.05) is 30.8 Å². The number of alkyl halides is 2. The fraction of sp³-hybridized carbons (Fsp3) is 0.375. The molecular weight excluding hydrogens is 526 g/mol. The van der Waals surface area contributed by atoms with Crippen LogP contribution in [0.25, 0.3) is 21.6 Å². The van der Waals surface area contributed by atoms with E-state index in [1.54, 1.807) is 15.5 Å². The number of rotatable bonds is 7. The topological polar surface area (TPSA) is 128 Å². The molecule has 1 aromatic carbocycles. The Morgan fingerprint density at radius 1 is 1.18 bits per heavy atom. The molecule has 0 amide bonds. The molecule has 5 N–H and O–H groups in total. The van der Waals surface area contributed by atoms with Gasteiger partial charge in [-0.1, -0.05) is 0 Å². The van der Waals surface area contributed by atoms with Gasteiger partial charge in [-0.25, -0.2) is 32.5 Å². The summed E-state index contributed by atoms with van der Waals surface area (Å²) >= 11 is 1.17. The number of hydrogen-bond acceptors (Lipinski definition) is 9. The summed E-state index contributed by atoms with van der Waals surface area (Å²) in [7, 11) is 1.24. The van der Waals surface area contributed by atoms with Gasteiger partial charge in [-0.15, -0.1) is 11.3 Å². The van der Waals surface area contributed by atoms with Crippen LogP contribution in [0.2, 0.25) is 0 Å². The number of aliphatic hydroxyl groups is 1. The van der Waals surface area contributed by atoms with E-state index in [0.29, 0.717) is 39.6 Å². The third-order valence-electron chi connectivity index (χ3n) is 6.73. The number of benzene rings is 1. The molecule has 1 aliphatic rings. The molecule has 202 valence electrons. The Hall–Kier alpha value is -3.49. The van der Waals surface area contributed by atoms with Crippen molar-refractivity contribution in [1.82, 2.24) is 19.5 Å². The minimum atomic E-state index is -3.00. The monoisotopic (exact) mass is 551 g/mol. The second-order valence-electron chi connectivity index (χ2n) is 9.25. The van der Waals surface area contributed by atoms with E-state index in [4.69, 9.17) is 16.2 Å². The van der Waals surface area contributed by atoms with Crippen LogP contribution in [-0.2, 0) is 6.54 Å². The van der Waals surface area contributed by atoms with E-state index in [1.807, 2.05) is 0 Å². The molecule has 1 fully saturated rings. The molecule has 0 unspecified atom stereocenters. The first-order chi connectivity index (χ1) is 18.1. The molecule has 4 heterocycles. The number of hydrogen-bond donors (Lipinski definition) is 3. The highest BCUT2D eigenvalue weighted by Crippen LogP contribution is 2.42. The minimum absolute atomic E-state index is 0.0199.